The van der Waals surface area contributed by atoms with Crippen molar-refractivity contribution < 1.29 is 4.79 Å². The number of rotatable bonds is 1. The quantitative estimate of drug-likeness (QED) is 0.501. The van der Waals surface area contributed by atoms with E-state index in [4.69, 9.17) is 5.73 Å². The summed E-state index contributed by atoms with van der Waals surface area (Å²) in [6.45, 7) is 1.81. The Balaban J connectivity index is 2.98. The first kappa shape index (κ1) is 9.43. The Morgan fingerprint density at radius 3 is 3.00 bits per heavy atom. The van der Waals surface area contributed by atoms with Gasteiger partial charge in [-0.05, 0) is 13.0 Å². The average Bonchev–Trinajstić information content (AvgIpc) is 2.15. The fourth-order valence-electron chi connectivity index (χ4n) is 0.854. The van der Waals surface area contributed by atoms with Crippen LogP contribution in [0.15, 0.2) is 18.5 Å². The van der Waals surface area contributed by atoms with Crippen LogP contribution in [0.3, 0.4) is 0 Å². The molecule has 3 heteroatoms. The molecular formula is C10H10N2O. The van der Waals surface area contributed by atoms with Gasteiger partial charge in [0.1, 0.15) is 0 Å². The maximum absolute atomic E-state index is 11.0. The van der Waals surface area contributed by atoms with Crippen LogP contribution in [0.5, 0.6) is 0 Å². The van der Waals surface area contributed by atoms with Gasteiger partial charge in [-0.2, -0.15) is 0 Å². The monoisotopic (exact) mass is 174 g/mol. The summed E-state index contributed by atoms with van der Waals surface area (Å²) >= 11 is 0. The zero-order valence-corrected chi connectivity index (χ0v) is 7.37. The Labute approximate surface area is 77.0 Å². The third-order valence-electron chi connectivity index (χ3n) is 1.48. The molecule has 0 saturated heterocycles. The Morgan fingerprint density at radius 1 is 1.62 bits per heavy atom. The van der Waals surface area contributed by atoms with Crippen molar-refractivity contribution in [3.63, 3.8) is 0 Å². The minimum absolute atomic E-state index is 0.0103. The number of ketones is 1. The SMILES string of the molecule is CC(=O)c1cncc(C#CCN)c1. The number of Topliss-reactive ketones (excluding diaryl/α,β-unsaturated/α-hetero) is 1. The Morgan fingerprint density at radius 2 is 2.38 bits per heavy atom. The summed E-state index contributed by atoms with van der Waals surface area (Å²) < 4.78 is 0. The van der Waals surface area contributed by atoms with Gasteiger partial charge in [-0.3, -0.25) is 9.78 Å². The number of carbonyl (C=O) groups is 1. The first-order valence-electron chi connectivity index (χ1n) is 3.89. The lowest BCUT2D eigenvalue weighted by Gasteiger charge is -1.94. The van der Waals surface area contributed by atoms with Gasteiger partial charge in [-0.15, -0.1) is 0 Å². The second-order valence-electron chi connectivity index (χ2n) is 2.52. The summed E-state index contributed by atoms with van der Waals surface area (Å²) in [5.41, 5.74) is 6.51. The molecule has 0 fully saturated rings. The Kier molecular flexibility index (Phi) is 3.18. The van der Waals surface area contributed by atoms with Crippen LogP contribution in [0.1, 0.15) is 22.8 Å². The third kappa shape index (κ3) is 2.69. The van der Waals surface area contributed by atoms with Crippen molar-refractivity contribution in [3.8, 4) is 11.8 Å². The van der Waals surface area contributed by atoms with Crippen LogP contribution in [0.25, 0.3) is 0 Å². The summed E-state index contributed by atoms with van der Waals surface area (Å²) in [4.78, 5) is 14.9. The van der Waals surface area contributed by atoms with Crippen LogP contribution < -0.4 is 5.73 Å². The summed E-state index contributed by atoms with van der Waals surface area (Å²) in [5.74, 6) is 5.50. The number of hydrogen-bond acceptors (Lipinski definition) is 3. The van der Waals surface area contributed by atoms with Crippen molar-refractivity contribution in [1.82, 2.24) is 4.98 Å². The molecule has 1 aromatic heterocycles. The van der Waals surface area contributed by atoms with Gasteiger partial charge in [0.25, 0.3) is 0 Å². The molecule has 3 nitrogen and oxygen atoms in total. The van der Waals surface area contributed by atoms with Gasteiger partial charge in [-0.25, -0.2) is 0 Å². The first-order chi connectivity index (χ1) is 6.24. The van der Waals surface area contributed by atoms with E-state index < -0.39 is 0 Å². The largest absolute Gasteiger partial charge is 0.320 e. The van der Waals surface area contributed by atoms with Crippen molar-refractivity contribution in [2.45, 2.75) is 6.92 Å². The van der Waals surface area contributed by atoms with Crippen LogP contribution in [0, 0.1) is 11.8 Å². The predicted octanol–water partition coefficient (Wildman–Crippen LogP) is 0.594. The van der Waals surface area contributed by atoms with E-state index in [-0.39, 0.29) is 5.78 Å². The molecule has 0 atom stereocenters. The fourth-order valence-corrected chi connectivity index (χ4v) is 0.854. The molecule has 0 aromatic carbocycles. The standard InChI is InChI=1S/C10H10N2O/c1-8(13)10-5-9(3-2-4-11)6-12-7-10/h5-7H,4,11H2,1H3. The fraction of sp³-hybridized carbons (Fsp3) is 0.200. The van der Waals surface area contributed by atoms with Gasteiger partial charge in [0.05, 0.1) is 6.54 Å². The second-order valence-corrected chi connectivity index (χ2v) is 2.52. The number of nitrogens with zero attached hydrogens (tertiary/aromatic N) is 1. The highest BCUT2D eigenvalue weighted by Crippen LogP contribution is 2.01. The zero-order chi connectivity index (χ0) is 9.68. The molecule has 0 amide bonds. The third-order valence-corrected chi connectivity index (χ3v) is 1.48. The van der Waals surface area contributed by atoms with Crippen LogP contribution in [-0.4, -0.2) is 17.3 Å². The van der Waals surface area contributed by atoms with Gasteiger partial charge in [0, 0.05) is 23.5 Å². The molecule has 2 N–H and O–H groups in total. The van der Waals surface area contributed by atoms with Crippen molar-refractivity contribution in [2.75, 3.05) is 6.54 Å². The maximum Gasteiger partial charge on any atom is 0.161 e. The van der Waals surface area contributed by atoms with E-state index in [2.05, 4.69) is 16.8 Å². The van der Waals surface area contributed by atoms with Gasteiger partial charge in [0.2, 0.25) is 0 Å². The van der Waals surface area contributed by atoms with Gasteiger partial charge in [0.15, 0.2) is 5.78 Å². The van der Waals surface area contributed by atoms with Crippen LogP contribution >= 0.6 is 0 Å². The van der Waals surface area contributed by atoms with Crippen molar-refractivity contribution in [2.24, 2.45) is 5.73 Å². The lowest BCUT2D eigenvalue weighted by molar-refractivity contribution is 0.101. The molecule has 0 bridgehead atoms. The normalized spacial score (nSPS) is 8.77. The van der Waals surface area contributed by atoms with E-state index in [1.165, 1.54) is 13.1 Å². The molecular weight excluding hydrogens is 164 g/mol. The molecule has 0 aliphatic carbocycles. The molecule has 0 radical (unpaired) electrons. The number of hydrogen-bond donors (Lipinski definition) is 1. The molecule has 13 heavy (non-hydrogen) atoms. The summed E-state index contributed by atoms with van der Waals surface area (Å²) in [6.07, 6.45) is 3.13. The predicted molar refractivity (Wildman–Crippen MR) is 50.2 cm³/mol. The highest BCUT2D eigenvalue weighted by molar-refractivity contribution is 5.93. The van der Waals surface area contributed by atoms with E-state index in [0.717, 1.165) is 5.56 Å². The molecule has 0 spiro atoms. The Bertz CT molecular complexity index is 374. The van der Waals surface area contributed by atoms with Gasteiger partial charge in [-0.1, -0.05) is 11.8 Å². The smallest absolute Gasteiger partial charge is 0.161 e. The van der Waals surface area contributed by atoms with E-state index in [9.17, 15) is 4.79 Å². The number of aromatic nitrogens is 1. The van der Waals surface area contributed by atoms with Crippen LogP contribution in [0.2, 0.25) is 0 Å². The number of carbonyl (C=O) groups excluding carboxylic acids is 1. The highest BCUT2D eigenvalue weighted by Gasteiger charge is 1.98. The summed E-state index contributed by atoms with van der Waals surface area (Å²) in [5, 5.41) is 0. The molecule has 1 heterocycles. The minimum Gasteiger partial charge on any atom is -0.320 e. The first-order valence-corrected chi connectivity index (χ1v) is 3.89. The molecule has 66 valence electrons. The highest BCUT2D eigenvalue weighted by atomic mass is 16.1. The lowest BCUT2D eigenvalue weighted by atomic mass is 10.1. The van der Waals surface area contributed by atoms with Crippen LogP contribution in [0.4, 0.5) is 0 Å². The molecule has 1 rings (SSSR count). The van der Waals surface area contributed by atoms with Crippen molar-refractivity contribution in [1.29, 1.82) is 0 Å². The zero-order valence-electron chi connectivity index (χ0n) is 7.37. The van der Waals surface area contributed by atoms with Crippen molar-refractivity contribution in [3.05, 3.63) is 29.6 Å². The summed E-state index contributed by atoms with van der Waals surface area (Å²) in [6, 6.07) is 1.71. The summed E-state index contributed by atoms with van der Waals surface area (Å²) in [7, 11) is 0. The minimum atomic E-state index is -0.0103. The molecule has 0 unspecified atom stereocenters. The lowest BCUT2D eigenvalue weighted by Crippen LogP contribution is -1.95. The Hall–Kier alpha value is -1.66. The molecule has 1 aromatic rings. The van der Waals surface area contributed by atoms with Gasteiger partial charge < -0.3 is 5.73 Å². The van der Waals surface area contributed by atoms with E-state index in [1.807, 2.05) is 0 Å². The number of pyridine rings is 1. The van der Waals surface area contributed by atoms with E-state index >= 15 is 0 Å². The number of nitrogens with two attached hydrogens (primary N) is 1. The van der Waals surface area contributed by atoms with Crippen LogP contribution in [-0.2, 0) is 0 Å². The van der Waals surface area contributed by atoms with E-state index in [1.54, 1.807) is 12.3 Å². The average molecular weight is 174 g/mol. The molecule has 0 saturated carbocycles. The second kappa shape index (κ2) is 4.39. The topological polar surface area (TPSA) is 56.0 Å². The maximum atomic E-state index is 11.0. The van der Waals surface area contributed by atoms with E-state index in [0.29, 0.717) is 12.1 Å². The molecule has 0 aliphatic rings. The van der Waals surface area contributed by atoms with Gasteiger partial charge >= 0.3 is 0 Å². The molecule has 0 aliphatic heterocycles. The van der Waals surface area contributed by atoms with Crippen molar-refractivity contribution >= 4 is 5.78 Å².